The molecule has 0 spiro atoms. The molecule has 1 heterocycles. The van der Waals surface area contributed by atoms with E-state index in [1.165, 1.54) is 0 Å². The summed E-state index contributed by atoms with van der Waals surface area (Å²) in [5.74, 6) is 0. The number of alkyl halides is 6. The zero-order valence-electron chi connectivity index (χ0n) is 10.1. The van der Waals surface area contributed by atoms with Crippen LogP contribution >= 0.6 is 0 Å². The van der Waals surface area contributed by atoms with Crippen molar-refractivity contribution < 1.29 is 26.3 Å². The van der Waals surface area contributed by atoms with Gasteiger partial charge >= 0.3 is 12.4 Å². The van der Waals surface area contributed by atoms with Crippen molar-refractivity contribution in [1.29, 1.82) is 0 Å². The highest BCUT2D eigenvalue weighted by Gasteiger charge is 2.35. The van der Waals surface area contributed by atoms with E-state index in [4.69, 9.17) is 0 Å². The van der Waals surface area contributed by atoms with Gasteiger partial charge in [0.2, 0.25) is 0 Å². The largest absolute Gasteiger partial charge is 0.417 e. The quantitative estimate of drug-likeness (QED) is 0.791. The van der Waals surface area contributed by atoms with E-state index in [9.17, 15) is 31.1 Å². The van der Waals surface area contributed by atoms with Crippen molar-refractivity contribution in [3.63, 3.8) is 0 Å². The van der Waals surface area contributed by atoms with Gasteiger partial charge < -0.3 is 4.98 Å². The number of halogens is 6. The minimum atomic E-state index is -4.79. The summed E-state index contributed by atoms with van der Waals surface area (Å²) in [5, 5.41) is 0. The third-order valence-electron chi connectivity index (χ3n) is 2.77. The molecule has 0 saturated carbocycles. The SMILES string of the molecule is O=c1[nH]ccc(C(F)(F)F)c1-c1ccc(C(F)(F)F)cc1. The normalized spacial score (nSPS) is 12.5. The molecule has 0 aliphatic carbocycles. The fraction of sp³-hybridized carbons (Fsp3) is 0.154. The van der Waals surface area contributed by atoms with Crippen LogP contribution in [0.4, 0.5) is 26.3 Å². The monoisotopic (exact) mass is 307 g/mol. The van der Waals surface area contributed by atoms with Crippen molar-refractivity contribution in [3.8, 4) is 11.1 Å². The Bertz CT molecular complexity index is 696. The van der Waals surface area contributed by atoms with Gasteiger partial charge in [-0.1, -0.05) is 12.1 Å². The van der Waals surface area contributed by atoms with Crippen LogP contribution in [0.3, 0.4) is 0 Å². The van der Waals surface area contributed by atoms with E-state index in [0.29, 0.717) is 18.2 Å². The maximum Gasteiger partial charge on any atom is 0.417 e. The summed E-state index contributed by atoms with van der Waals surface area (Å²) in [6.45, 7) is 0. The zero-order valence-corrected chi connectivity index (χ0v) is 10.1. The van der Waals surface area contributed by atoms with Crippen LogP contribution in [0.25, 0.3) is 11.1 Å². The fourth-order valence-electron chi connectivity index (χ4n) is 1.83. The van der Waals surface area contributed by atoms with Crippen LogP contribution in [0, 0.1) is 0 Å². The van der Waals surface area contributed by atoms with E-state index in [0.717, 1.165) is 18.3 Å². The van der Waals surface area contributed by atoms with E-state index >= 15 is 0 Å². The van der Waals surface area contributed by atoms with Crippen LogP contribution in [0.2, 0.25) is 0 Å². The zero-order chi connectivity index (χ0) is 15.8. The highest BCUT2D eigenvalue weighted by Crippen LogP contribution is 2.36. The standard InChI is InChI=1S/C13H7F6NO/c14-12(15,16)8-3-1-7(2-4-8)10-9(13(17,18)19)5-6-20-11(10)21/h1-6H,(H,20,21). The first-order valence-electron chi connectivity index (χ1n) is 5.57. The van der Waals surface area contributed by atoms with Gasteiger partial charge in [0.1, 0.15) is 0 Å². The third kappa shape index (κ3) is 3.09. The number of hydrogen-bond acceptors (Lipinski definition) is 1. The summed E-state index contributed by atoms with van der Waals surface area (Å²) in [4.78, 5) is 13.7. The van der Waals surface area contributed by atoms with Gasteiger partial charge in [-0.05, 0) is 23.8 Å². The van der Waals surface area contributed by atoms with Crippen LogP contribution in [0.15, 0.2) is 41.3 Å². The van der Waals surface area contributed by atoms with Gasteiger partial charge in [-0.3, -0.25) is 4.79 Å². The van der Waals surface area contributed by atoms with Gasteiger partial charge in [-0.2, -0.15) is 26.3 Å². The molecule has 0 atom stereocenters. The molecule has 2 rings (SSSR count). The molecule has 2 nitrogen and oxygen atoms in total. The number of aromatic amines is 1. The van der Waals surface area contributed by atoms with Gasteiger partial charge in [0.05, 0.1) is 16.7 Å². The number of pyridine rings is 1. The number of benzene rings is 1. The molecular formula is C13H7F6NO. The summed E-state index contributed by atoms with van der Waals surface area (Å²) in [6, 6.07) is 3.59. The topological polar surface area (TPSA) is 32.9 Å². The van der Waals surface area contributed by atoms with Crippen LogP contribution in [-0.4, -0.2) is 4.98 Å². The molecule has 1 aromatic heterocycles. The Labute approximate surface area is 114 Å². The maximum absolute atomic E-state index is 12.8. The second kappa shape index (κ2) is 4.94. The number of aromatic nitrogens is 1. The Morgan fingerprint density at radius 3 is 1.86 bits per heavy atom. The first-order valence-corrected chi connectivity index (χ1v) is 5.57. The van der Waals surface area contributed by atoms with Crippen LogP contribution in [0.1, 0.15) is 11.1 Å². The van der Waals surface area contributed by atoms with Crippen LogP contribution in [0.5, 0.6) is 0 Å². The number of H-pyrrole nitrogens is 1. The summed E-state index contributed by atoms with van der Waals surface area (Å²) in [7, 11) is 0. The lowest BCUT2D eigenvalue weighted by atomic mass is 10.00. The van der Waals surface area contributed by atoms with E-state index in [-0.39, 0.29) is 5.56 Å². The number of rotatable bonds is 1. The first-order chi connectivity index (χ1) is 9.60. The lowest BCUT2D eigenvalue weighted by Gasteiger charge is -2.12. The van der Waals surface area contributed by atoms with Crippen molar-refractivity contribution >= 4 is 0 Å². The molecule has 21 heavy (non-hydrogen) atoms. The number of nitrogens with one attached hydrogen (secondary N) is 1. The Hall–Kier alpha value is -2.25. The molecule has 0 radical (unpaired) electrons. The summed E-state index contributed by atoms with van der Waals surface area (Å²) >= 11 is 0. The van der Waals surface area contributed by atoms with Crippen molar-refractivity contribution in [2.24, 2.45) is 0 Å². The van der Waals surface area contributed by atoms with Crippen molar-refractivity contribution in [3.05, 3.63) is 58.0 Å². The fourth-order valence-corrected chi connectivity index (χ4v) is 1.83. The lowest BCUT2D eigenvalue weighted by Crippen LogP contribution is -2.17. The molecule has 1 aromatic carbocycles. The predicted octanol–water partition coefficient (Wildman–Crippen LogP) is 4.08. The van der Waals surface area contributed by atoms with Gasteiger partial charge in [-0.25, -0.2) is 0 Å². The molecule has 0 unspecified atom stereocenters. The second-order valence-electron chi connectivity index (χ2n) is 4.17. The second-order valence-corrected chi connectivity index (χ2v) is 4.17. The Kier molecular flexibility index (Phi) is 3.56. The Morgan fingerprint density at radius 2 is 1.38 bits per heavy atom. The van der Waals surface area contributed by atoms with Crippen molar-refractivity contribution in [2.75, 3.05) is 0 Å². The molecule has 2 aromatic rings. The molecule has 1 N–H and O–H groups in total. The van der Waals surface area contributed by atoms with E-state index in [1.807, 2.05) is 0 Å². The first kappa shape index (κ1) is 15.1. The van der Waals surface area contributed by atoms with Crippen LogP contribution in [-0.2, 0) is 12.4 Å². The molecule has 0 saturated heterocycles. The minimum absolute atomic E-state index is 0.239. The highest BCUT2D eigenvalue weighted by molar-refractivity contribution is 5.67. The smallest absolute Gasteiger partial charge is 0.329 e. The molecule has 0 amide bonds. The van der Waals surface area contributed by atoms with Crippen molar-refractivity contribution in [2.45, 2.75) is 12.4 Å². The van der Waals surface area contributed by atoms with E-state index in [1.54, 1.807) is 0 Å². The molecule has 0 aliphatic rings. The third-order valence-corrected chi connectivity index (χ3v) is 2.77. The molecule has 0 bridgehead atoms. The highest BCUT2D eigenvalue weighted by atomic mass is 19.4. The Morgan fingerprint density at radius 1 is 0.810 bits per heavy atom. The maximum atomic E-state index is 12.8. The number of hydrogen-bond donors (Lipinski definition) is 1. The molecular weight excluding hydrogens is 300 g/mol. The summed E-state index contributed by atoms with van der Waals surface area (Å²) in [5.41, 5.74) is -4.18. The van der Waals surface area contributed by atoms with Crippen LogP contribution < -0.4 is 5.56 Å². The van der Waals surface area contributed by atoms with Gasteiger partial charge in [0.25, 0.3) is 5.56 Å². The summed E-state index contributed by atoms with van der Waals surface area (Å²) < 4.78 is 75.8. The van der Waals surface area contributed by atoms with Crippen molar-refractivity contribution in [1.82, 2.24) is 4.98 Å². The van der Waals surface area contributed by atoms with E-state index in [2.05, 4.69) is 4.98 Å². The average Bonchev–Trinajstić information content (AvgIpc) is 2.36. The van der Waals surface area contributed by atoms with Gasteiger partial charge in [0, 0.05) is 6.20 Å². The van der Waals surface area contributed by atoms with Gasteiger partial charge in [-0.15, -0.1) is 0 Å². The van der Waals surface area contributed by atoms with Gasteiger partial charge in [0.15, 0.2) is 0 Å². The molecule has 112 valence electrons. The summed E-state index contributed by atoms with van der Waals surface area (Å²) in [6.07, 6.45) is -8.56. The minimum Gasteiger partial charge on any atom is -0.329 e. The molecule has 0 fully saturated rings. The average molecular weight is 307 g/mol. The molecule has 8 heteroatoms. The molecule has 0 aliphatic heterocycles. The lowest BCUT2D eigenvalue weighted by molar-refractivity contribution is -0.138. The Balaban J connectivity index is 2.60. The van der Waals surface area contributed by atoms with E-state index < -0.39 is 34.6 Å². The predicted molar refractivity (Wildman–Crippen MR) is 62.5 cm³/mol.